The molecule has 1 atom stereocenters. The van der Waals surface area contributed by atoms with Crippen LogP contribution in [-0.4, -0.2) is 40.1 Å². The molecule has 1 aromatic heterocycles. The lowest BCUT2D eigenvalue weighted by atomic mass is 10.1. The molecule has 5 nitrogen and oxygen atoms in total. The average Bonchev–Trinajstić information content (AvgIpc) is 3.35. The van der Waals surface area contributed by atoms with Crippen LogP contribution in [0.3, 0.4) is 0 Å². The van der Waals surface area contributed by atoms with Crippen molar-refractivity contribution in [2.24, 2.45) is 0 Å². The molecule has 1 aliphatic rings. The van der Waals surface area contributed by atoms with Gasteiger partial charge in [-0.25, -0.2) is 0 Å². The second-order valence-electron chi connectivity index (χ2n) is 6.94. The minimum absolute atomic E-state index is 0.258. The van der Waals surface area contributed by atoms with E-state index in [1.807, 2.05) is 29.3 Å². The van der Waals surface area contributed by atoms with E-state index in [2.05, 4.69) is 45.8 Å². The molecule has 0 unspecified atom stereocenters. The standard InChI is InChI=1S/C21H24N4O/c26-20(10-9-16-5-2-1-3-6-16)25-12-11-19(15-25)22-13-17-7-4-8-18-14-23-24-21(17)18/h1-8,14,19,22H,9-13,15H2,(H,23,24)/t19-/m1/s1. The Bertz CT molecular complexity index is 874. The van der Waals surface area contributed by atoms with E-state index in [1.54, 1.807) is 0 Å². The lowest BCUT2D eigenvalue weighted by Crippen LogP contribution is -2.35. The summed E-state index contributed by atoms with van der Waals surface area (Å²) in [7, 11) is 0. The van der Waals surface area contributed by atoms with Gasteiger partial charge in [-0.15, -0.1) is 0 Å². The van der Waals surface area contributed by atoms with Crippen LogP contribution in [0.2, 0.25) is 0 Å². The molecule has 0 radical (unpaired) electrons. The predicted molar refractivity (Wildman–Crippen MR) is 103 cm³/mol. The molecule has 4 rings (SSSR count). The van der Waals surface area contributed by atoms with Crippen LogP contribution in [0.1, 0.15) is 24.0 Å². The molecule has 1 amide bonds. The maximum atomic E-state index is 12.5. The van der Waals surface area contributed by atoms with Crippen molar-refractivity contribution in [3.8, 4) is 0 Å². The van der Waals surface area contributed by atoms with Gasteiger partial charge >= 0.3 is 0 Å². The third-order valence-corrected chi connectivity index (χ3v) is 5.16. The summed E-state index contributed by atoms with van der Waals surface area (Å²) in [5.41, 5.74) is 3.53. The van der Waals surface area contributed by atoms with Gasteiger partial charge in [0.25, 0.3) is 0 Å². The third kappa shape index (κ3) is 3.78. The first-order valence-corrected chi connectivity index (χ1v) is 9.25. The van der Waals surface area contributed by atoms with Gasteiger partial charge in [0.1, 0.15) is 0 Å². The molecule has 1 saturated heterocycles. The third-order valence-electron chi connectivity index (χ3n) is 5.16. The fourth-order valence-electron chi connectivity index (χ4n) is 3.64. The molecule has 5 heteroatoms. The van der Waals surface area contributed by atoms with Gasteiger partial charge in [-0.05, 0) is 24.0 Å². The molecule has 3 aromatic rings. The van der Waals surface area contributed by atoms with Gasteiger partial charge in [0.2, 0.25) is 5.91 Å². The highest BCUT2D eigenvalue weighted by molar-refractivity contribution is 5.81. The number of aryl methyl sites for hydroxylation is 1. The van der Waals surface area contributed by atoms with Crippen LogP contribution in [0.4, 0.5) is 0 Å². The highest BCUT2D eigenvalue weighted by atomic mass is 16.2. The van der Waals surface area contributed by atoms with Gasteiger partial charge in [0, 0.05) is 37.5 Å². The van der Waals surface area contributed by atoms with Crippen molar-refractivity contribution in [3.63, 3.8) is 0 Å². The van der Waals surface area contributed by atoms with E-state index in [0.717, 1.165) is 43.4 Å². The molecule has 0 aliphatic carbocycles. The Morgan fingerprint density at radius 2 is 2.08 bits per heavy atom. The lowest BCUT2D eigenvalue weighted by Gasteiger charge is -2.17. The Kier molecular flexibility index (Phi) is 4.97. The first-order chi connectivity index (χ1) is 12.8. The minimum atomic E-state index is 0.258. The number of benzene rings is 2. The molecule has 0 saturated carbocycles. The highest BCUT2D eigenvalue weighted by Crippen LogP contribution is 2.17. The SMILES string of the molecule is O=C(CCc1ccccc1)N1CC[C@@H](NCc2cccc3cn[nH]c23)C1. The maximum Gasteiger partial charge on any atom is 0.222 e. The van der Waals surface area contributed by atoms with E-state index in [4.69, 9.17) is 0 Å². The fourth-order valence-corrected chi connectivity index (χ4v) is 3.64. The molecule has 2 N–H and O–H groups in total. The largest absolute Gasteiger partial charge is 0.341 e. The normalized spacial score (nSPS) is 17.1. The quantitative estimate of drug-likeness (QED) is 0.720. The van der Waals surface area contributed by atoms with E-state index in [-0.39, 0.29) is 5.91 Å². The topological polar surface area (TPSA) is 61.0 Å². The number of hydrogen-bond acceptors (Lipinski definition) is 3. The number of H-pyrrole nitrogens is 1. The van der Waals surface area contributed by atoms with Crippen LogP contribution >= 0.6 is 0 Å². The average molecular weight is 348 g/mol. The highest BCUT2D eigenvalue weighted by Gasteiger charge is 2.25. The molecule has 2 aromatic carbocycles. The van der Waals surface area contributed by atoms with Crippen molar-refractivity contribution < 1.29 is 4.79 Å². The molecule has 0 bridgehead atoms. The van der Waals surface area contributed by atoms with Gasteiger partial charge in [0.05, 0.1) is 11.7 Å². The Morgan fingerprint density at radius 3 is 2.96 bits per heavy atom. The summed E-state index contributed by atoms with van der Waals surface area (Å²) in [5, 5.41) is 11.9. The van der Waals surface area contributed by atoms with Crippen LogP contribution < -0.4 is 5.32 Å². The fraction of sp³-hybridized carbons (Fsp3) is 0.333. The van der Waals surface area contributed by atoms with E-state index < -0.39 is 0 Å². The summed E-state index contributed by atoms with van der Waals surface area (Å²) in [5.74, 6) is 0.258. The molecule has 134 valence electrons. The Balaban J connectivity index is 1.27. The van der Waals surface area contributed by atoms with Gasteiger partial charge in [-0.3, -0.25) is 9.89 Å². The zero-order chi connectivity index (χ0) is 17.8. The maximum absolute atomic E-state index is 12.5. The van der Waals surface area contributed by atoms with E-state index in [1.165, 1.54) is 11.1 Å². The summed E-state index contributed by atoms with van der Waals surface area (Å²) in [6, 6.07) is 16.8. The number of likely N-dealkylation sites (tertiary alicyclic amines) is 1. The Hall–Kier alpha value is -2.66. The number of nitrogens with zero attached hydrogens (tertiary/aromatic N) is 2. The first kappa shape index (κ1) is 16.8. The molecule has 1 aliphatic heterocycles. The van der Waals surface area contributed by atoms with Crippen LogP contribution in [-0.2, 0) is 17.8 Å². The number of amides is 1. The molecule has 26 heavy (non-hydrogen) atoms. The van der Waals surface area contributed by atoms with Crippen molar-refractivity contribution >= 4 is 16.8 Å². The monoisotopic (exact) mass is 348 g/mol. The number of nitrogens with one attached hydrogen (secondary N) is 2. The molecular weight excluding hydrogens is 324 g/mol. The first-order valence-electron chi connectivity index (χ1n) is 9.25. The summed E-state index contributed by atoms with van der Waals surface area (Å²) in [6.45, 7) is 2.43. The van der Waals surface area contributed by atoms with Gasteiger partial charge in [-0.2, -0.15) is 5.10 Å². The minimum Gasteiger partial charge on any atom is -0.341 e. The summed E-state index contributed by atoms with van der Waals surface area (Å²) >= 11 is 0. The van der Waals surface area contributed by atoms with Crippen molar-refractivity contribution in [1.82, 2.24) is 20.4 Å². The van der Waals surface area contributed by atoms with Crippen molar-refractivity contribution in [3.05, 3.63) is 65.9 Å². The van der Waals surface area contributed by atoms with Crippen molar-refractivity contribution in [2.75, 3.05) is 13.1 Å². The van der Waals surface area contributed by atoms with E-state index in [9.17, 15) is 4.79 Å². The number of fused-ring (bicyclic) bond motifs is 1. The molecule has 2 heterocycles. The second-order valence-corrected chi connectivity index (χ2v) is 6.94. The summed E-state index contributed by atoms with van der Waals surface area (Å²) < 4.78 is 0. The van der Waals surface area contributed by atoms with E-state index in [0.29, 0.717) is 12.5 Å². The van der Waals surface area contributed by atoms with Crippen molar-refractivity contribution in [1.29, 1.82) is 0 Å². The summed E-state index contributed by atoms with van der Waals surface area (Å²) in [4.78, 5) is 14.5. The van der Waals surface area contributed by atoms with Gasteiger partial charge in [-0.1, -0.05) is 48.5 Å². The zero-order valence-electron chi connectivity index (χ0n) is 14.8. The molecule has 1 fully saturated rings. The van der Waals surface area contributed by atoms with Gasteiger partial charge in [0.15, 0.2) is 0 Å². The number of carbonyl (C=O) groups excluding carboxylic acids is 1. The molecule has 0 spiro atoms. The van der Waals surface area contributed by atoms with Crippen LogP contribution in [0.5, 0.6) is 0 Å². The number of aromatic amines is 1. The number of carbonyl (C=O) groups is 1. The number of para-hydroxylation sites is 1. The van der Waals surface area contributed by atoms with Gasteiger partial charge < -0.3 is 10.2 Å². The molecular formula is C21H24N4O. The number of aromatic nitrogens is 2. The smallest absolute Gasteiger partial charge is 0.222 e. The Morgan fingerprint density at radius 1 is 1.19 bits per heavy atom. The van der Waals surface area contributed by atoms with Crippen LogP contribution in [0.25, 0.3) is 10.9 Å². The summed E-state index contributed by atoms with van der Waals surface area (Å²) in [6.07, 6.45) is 4.26. The number of rotatable bonds is 6. The lowest BCUT2D eigenvalue weighted by molar-refractivity contribution is -0.130. The zero-order valence-corrected chi connectivity index (χ0v) is 14.8. The second kappa shape index (κ2) is 7.70. The van der Waals surface area contributed by atoms with Crippen molar-refractivity contribution in [2.45, 2.75) is 31.8 Å². The van der Waals surface area contributed by atoms with Crippen LogP contribution in [0, 0.1) is 0 Å². The van der Waals surface area contributed by atoms with Crippen LogP contribution in [0.15, 0.2) is 54.7 Å². The Labute approximate surface area is 153 Å². The predicted octanol–water partition coefficient (Wildman–Crippen LogP) is 2.89. The van der Waals surface area contributed by atoms with E-state index >= 15 is 0 Å². The number of hydrogen-bond donors (Lipinski definition) is 2.